The molecule has 0 saturated heterocycles. The van der Waals surface area contributed by atoms with Crippen molar-refractivity contribution in [3.05, 3.63) is 66.2 Å². The fourth-order valence-corrected chi connectivity index (χ4v) is 1.55. The van der Waals surface area contributed by atoms with Crippen LogP contribution in [-0.4, -0.2) is 0 Å². The summed E-state index contributed by atoms with van der Waals surface area (Å²) in [5.74, 6) is 0. The molecule has 0 aliphatic rings. The van der Waals surface area contributed by atoms with E-state index in [4.69, 9.17) is 5.26 Å². The Balaban J connectivity index is 2.27. The van der Waals surface area contributed by atoms with Crippen molar-refractivity contribution < 1.29 is 0 Å². The van der Waals surface area contributed by atoms with E-state index in [2.05, 4.69) is 24.3 Å². The Kier molecular flexibility index (Phi) is 3.15. The van der Waals surface area contributed by atoms with Gasteiger partial charge in [0.1, 0.15) is 0 Å². The molecule has 0 unspecified atom stereocenters. The second kappa shape index (κ2) is 4.95. The van der Waals surface area contributed by atoms with Crippen LogP contribution in [0.2, 0.25) is 0 Å². The van der Waals surface area contributed by atoms with Gasteiger partial charge in [-0.1, -0.05) is 54.6 Å². The minimum Gasteiger partial charge on any atom is -0.193 e. The van der Waals surface area contributed by atoms with Gasteiger partial charge >= 0.3 is 0 Å². The first-order chi connectivity index (χ1) is 7.90. The average molecular weight is 205 g/mol. The molecule has 16 heavy (non-hydrogen) atoms. The maximum Gasteiger partial charge on any atom is 0.0912 e. The molecule has 1 heteroatoms. The van der Waals surface area contributed by atoms with Crippen LogP contribution in [0.4, 0.5) is 0 Å². The Morgan fingerprint density at radius 3 is 2.06 bits per heavy atom. The van der Waals surface area contributed by atoms with Crippen LogP contribution in [-0.2, 0) is 0 Å². The summed E-state index contributed by atoms with van der Waals surface area (Å²) in [7, 11) is 0. The highest BCUT2D eigenvalue weighted by atomic mass is 14.2. The van der Waals surface area contributed by atoms with Gasteiger partial charge in [0.15, 0.2) is 0 Å². The summed E-state index contributed by atoms with van der Waals surface area (Å²) < 4.78 is 0. The standard InChI is InChI=1S/C15H11N/c16-12-4-5-13-8-10-15(11-9-13)14-6-2-1-3-7-14/h1-11H/b5-4+. The van der Waals surface area contributed by atoms with E-state index < -0.39 is 0 Å². The van der Waals surface area contributed by atoms with Crippen molar-refractivity contribution in [2.75, 3.05) is 0 Å². The van der Waals surface area contributed by atoms with E-state index in [-0.39, 0.29) is 0 Å². The minimum absolute atomic E-state index is 1.04. The Labute approximate surface area is 95.3 Å². The molecule has 2 aromatic rings. The van der Waals surface area contributed by atoms with E-state index in [1.807, 2.05) is 36.4 Å². The maximum absolute atomic E-state index is 8.42. The largest absolute Gasteiger partial charge is 0.193 e. The summed E-state index contributed by atoms with van der Waals surface area (Å²) in [5.41, 5.74) is 3.44. The molecule has 2 rings (SSSR count). The van der Waals surface area contributed by atoms with Crippen LogP contribution in [0.15, 0.2) is 60.7 Å². The third-order valence-electron chi connectivity index (χ3n) is 2.37. The number of nitrogens with zero attached hydrogens (tertiary/aromatic N) is 1. The lowest BCUT2D eigenvalue weighted by molar-refractivity contribution is 1.53. The monoisotopic (exact) mass is 205 g/mol. The smallest absolute Gasteiger partial charge is 0.0912 e. The summed E-state index contributed by atoms with van der Waals surface area (Å²) in [4.78, 5) is 0. The normalized spacial score (nSPS) is 10.2. The number of allylic oxidation sites excluding steroid dienone is 1. The zero-order chi connectivity index (χ0) is 11.2. The minimum atomic E-state index is 1.04. The van der Waals surface area contributed by atoms with Gasteiger partial charge in [0.05, 0.1) is 6.07 Å². The quantitative estimate of drug-likeness (QED) is 0.682. The molecule has 0 aliphatic heterocycles. The van der Waals surface area contributed by atoms with Crippen molar-refractivity contribution in [2.45, 2.75) is 0 Å². The van der Waals surface area contributed by atoms with E-state index >= 15 is 0 Å². The second-order valence-electron chi connectivity index (χ2n) is 3.45. The molecule has 0 N–H and O–H groups in total. The first kappa shape index (κ1) is 10.2. The van der Waals surface area contributed by atoms with E-state index in [0.29, 0.717) is 0 Å². The van der Waals surface area contributed by atoms with Gasteiger partial charge < -0.3 is 0 Å². The SMILES string of the molecule is N#C/C=C/c1ccc(-c2ccccc2)cc1. The molecular formula is C15H11N. The molecule has 0 heterocycles. The van der Waals surface area contributed by atoms with Gasteiger partial charge in [0.25, 0.3) is 0 Å². The molecule has 0 atom stereocenters. The summed E-state index contributed by atoms with van der Waals surface area (Å²) in [6, 6.07) is 20.4. The van der Waals surface area contributed by atoms with Crippen LogP contribution in [0.5, 0.6) is 0 Å². The summed E-state index contributed by atoms with van der Waals surface area (Å²) >= 11 is 0. The van der Waals surface area contributed by atoms with Crippen LogP contribution in [0, 0.1) is 11.3 Å². The third kappa shape index (κ3) is 2.37. The zero-order valence-electron chi connectivity index (χ0n) is 8.80. The lowest BCUT2D eigenvalue weighted by Gasteiger charge is -2.01. The summed E-state index contributed by atoms with van der Waals surface area (Å²) in [6.45, 7) is 0. The summed E-state index contributed by atoms with van der Waals surface area (Å²) in [6.07, 6.45) is 3.28. The van der Waals surface area contributed by atoms with Crippen LogP contribution < -0.4 is 0 Å². The molecule has 0 amide bonds. The molecule has 0 spiro atoms. The molecular weight excluding hydrogens is 194 g/mol. The van der Waals surface area contributed by atoms with Gasteiger partial charge in [-0.3, -0.25) is 0 Å². The van der Waals surface area contributed by atoms with E-state index in [9.17, 15) is 0 Å². The molecule has 1 nitrogen and oxygen atoms in total. The molecule has 76 valence electrons. The lowest BCUT2D eigenvalue weighted by atomic mass is 10.0. The number of nitriles is 1. The molecule has 2 aromatic carbocycles. The molecule has 0 aromatic heterocycles. The van der Waals surface area contributed by atoms with Crippen molar-refractivity contribution in [2.24, 2.45) is 0 Å². The number of rotatable bonds is 2. The van der Waals surface area contributed by atoms with Gasteiger partial charge in [0.2, 0.25) is 0 Å². The lowest BCUT2D eigenvalue weighted by Crippen LogP contribution is -1.77. The van der Waals surface area contributed by atoms with Crippen LogP contribution in [0.1, 0.15) is 5.56 Å². The molecule has 0 saturated carbocycles. The van der Waals surface area contributed by atoms with Crippen LogP contribution in [0.3, 0.4) is 0 Å². The Morgan fingerprint density at radius 1 is 0.812 bits per heavy atom. The van der Waals surface area contributed by atoms with Crippen LogP contribution in [0.25, 0.3) is 17.2 Å². The van der Waals surface area contributed by atoms with Gasteiger partial charge in [-0.15, -0.1) is 0 Å². The predicted octanol–water partition coefficient (Wildman–Crippen LogP) is 3.89. The highest BCUT2D eigenvalue weighted by Crippen LogP contribution is 2.19. The van der Waals surface area contributed by atoms with Crippen molar-refractivity contribution in [1.82, 2.24) is 0 Å². The second-order valence-corrected chi connectivity index (χ2v) is 3.45. The zero-order valence-corrected chi connectivity index (χ0v) is 8.80. The molecule has 0 fully saturated rings. The number of hydrogen-bond acceptors (Lipinski definition) is 1. The van der Waals surface area contributed by atoms with E-state index in [1.165, 1.54) is 17.2 Å². The van der Waals surface area contributed by atoms with Crippen LogP contribution >= 0.6 is 0 Å². The molecule has 0 radical (unpaired) electrons. The van der Waals surface area contributed by atoms with Crippen molar-refractivity contribution in [3.8, 4) is 17.2 Å². The van der Waals surface area contributed by atoms with Gasteiger partial charge in [0, 0.05) is 6.08 Å². The summed E-state index contributed by atoms with van der Waals surface area (Å²) in [5, 5.41) is 8.42. The Bertz CT molecular complexity index is 516. The highest BCUT2D eigenvalue weighted by Gasteiger charge is 1.95. The molecule has 0 bridgehead atoms. The fourth-order valence-electron chi connectivity index (χ4n) is 1.55. The van der Waals surface area contributed by atoms with Crippen molar-refractivity contribution in [1.29, 1.82) is 5.26 Å². The van der Waals surface area contributed by atoms with Gasteiger partial charge in [-0.2, -0.15) is 5.26 Å². The first-order valence-corrected chi connectivity index (χ1v) is 5.12. The maximum atomic E-state index is 8.42. The van der Waals surface area contributed by atoms with E-state index in [1.54, 1.807) is 6.08 Å². The highest BCUT2D eigenvalue weighted by molar-refractivity contribution is 5.65. The topological polar surface area (TPSA) is 23.8 Å². The molecule has 0 aliphatic carbocycles. The fraction of sp³-hybridized carbons (Fsp3) is 0. The number of hydrogen-bond donors (Lipinski definition) is 0. The predicted molar refractivity (Wildman–Crippen MR) is 66.5 cm³/mol. The van der Waals surface area contributed by atoms with Crippen molar-refractivity contribution >= 4 is 6.08 Å². The Morgan fingerprint density at radius 2 is 1.44 bits per heavy atom. The number of benzene rings is 2. The van der Waals surface area contributed by atoms with Gasteiger partial charge in [-0.25, -0.2) is 0 Å². The van der Waals surface area contributed by atoms with Crippen molar-refractivity contribution in [3.63, 3.8) is 0 Å². The Hall–Kier alpha value is -2.33. The third-order valence-corrected chi connectivity index (χ3v) is 2.37. The van der Waals surface area contributed by atoms with Gasteiger partial charge in [-0.05, 0) is 22.8 Å². The van der Waals surface area contributed by atoms with E-state index in [0.717, 1.165) is 5.56 Å². The first-order valence-electron chi connectivity index (χ1n) is 5.12. The average Bonchev–Trinajstić information content (AvgIpc) is 2.38.